The number of hydrogen-bond donors (Lipinski definition) is 0. The second-order valence-corrected chi connectivity index (χ2v) is 8.25. The molecule has 0 bridgehead atoms. The van der Waals surface area contributed by atoms with Gasteiger partial charge in [0.1, 0.15) is 12.4 Å². The SMILES string of the molecule is COC(=O)c1cccc(OCc2cc(C)c3nc(C)n(Cc4ccc(Cl)cc4Cl)c3c2)n1. The van der Waals surface area contributed by atoms with Crippen molar-refractivity contribution < 1.29 is 14.3 Å². The Morgan fingerprint density at radius 1 is 1.06 bits per heavy atom. The Labute approximate surface area is 195 Å². The summed E-state index contributed by atoms with van der Waals surface area (Å²) in [4.78, 5) is 20.6. The molecule has 164 valence electrons. The maximum Gasteiger partial charge on any atom is 0.356 e. The molecule has 0 unspecified atom stereocenters. The second-order valence-electron chi connectivity index (χ2n) is 7.40. The number of imidazole rings is 1. The highest BCUT2D eigenvalue weighted by molar-refractivity contribution is 6.35. The molecule has 32 heavy (non-hydrogen) atoms. The highest BCUT2D eigenvalue weighted by Crippen LogP contribution is 2.27. The van der Waals surface area contributed by atoms with E-state index in [0.717, 1.165) is 33.5 Å². The molecular formula is C24H21Cl2N3O3. The number of methoxy groups -OCH3 is 1. The third-order valence-corrected chi connectivity index (χ3v) is 5.73. The van der Waals surface area contributed by atoms with Gasteiger partial charge in [-0.25, -0.2) is 14.8 Å². The van der Waals surface area contributed by atoms with Crippen molar-refractivity contribution in [2.75, 3.05) is 7.11 Å². The zero-order chi connectivity index (χ0) is 22.8. The Bertz CT molecular complexity index is 1320. The van der Waals surface area contributed by atoms with Crippen LogP contribution in [-0.2, 0) is 17.9 Å². The molecule has 4 rings (SSSR count). The van der Waals surface area contributed by atoms with Gasteiger partial charge in [0.15, 0.2) is 5.69 Å². The molecule has 0 radical (unpaired) electrons. The van der Waals surface area contributed by atoms with E-state index in [1.54, 1.807) is 24.3 Å². The molecule has 0 amide bonds. The predicted molar refractivity (Wildman–Crippen MR) is 125 cm³/mol. The second kappa shape index (κ2) is 9.18. The number of rotatable bonds is 6. The monoisotopic (exact) mass is 469 g/mol. The lowest BCUT2D eigenvalue weighted by molar-refractivity contribution is 0.0592. The first-order valence-corrected chi connectivity index (χ1v) is 10.7. The van der Waals surface area contributed by atoms with E-state index in [1.807, 2.05) is 32.0 Å². The summed E-state index contributed by atoms with van der Waals surface area (Å²) < 4.78 is 12.7. The zero-order valence-corrected chi connectivity index (χ0v) is 19.4. The van der Waals surface area contributed by atoms with Gasteiger partial charge >= 0.3 is 5.97 Å². The largest absolute Gasteiger partial charge is 0.473 e. The first-order chi connectivity index (χ1) is 15.4. The molecule has 4 aromatic rings. The number of ether oxygens (including phenoxy) is 2. The number of carbonyl (C=O) groups excluding carboxylic acids is 1. The van der Waals surface area contributed by atoms with Crippen molar-refractivity contribution in [3.05, 3.63) is 86.8 Å². The van der Waals surface area contributed by atoms with Crippen LogP contribution in [0.4, 0.5) is 0 Å². The molecule has 2 heterocycles. The number of fused-ring (bicyclic) bond motifs is 1. The topological polar surface area (TPSA) is 66.2 Å². The first-order valence-electron chi connectivity index (χ1n) is 9.94. The zero-order valence-electron chi connectivity index (χ0n) is 17.9. The van der Waals surface area contributed by atoms with Crippen LogP contribution in [0.1, 0.15) is 33.0 Å². The van der Waals surface area contributed by atoms with Crippen LogP contribution in [0, 0.1) is 13.8 Å². The quantitative estimate of drug-likeness (QED) is 0.335. The number of nitrogens with zero attached hydrogens (tertiary/aromatic N) is 3. The average Bonchev–Trinajstić information content (AvgIpc) is 3.09. The lowest BCUT2D eigenvalue weighted by Crippen LogP contribution is -2.06. The molecule has 0 N–H and O–H groups in total. The van der Waals surface area contributed by atoms with Gasteiger partial charge in [-0.15, -0.1) is 0 Å². The predicted octanol–water partition coefficient (Wildman–Crippen LogP) is 5.77. The van der Waals surface area contributed by atoms with Crippen LogP contribution >= 0.6 is 23.2 Å². The third kappa shape index (κ3) is 4.56. The van der Waals surface area contributed by atoms with Crippen molar-refractivity contribution in [3.63, 3.8) is 0 Å². The number of benzene rings is 2. The van der Waals surface area contributed by atoms with Crippen molar-refractivity contribution >= 4 is 40.2 Å². The fourth-order valence-corrected chi connectivity index (χ4v) is 4.02. The van der Waals surface area contributed by atoms with Gasteiger partial charge in [-0.1, -0.05) is 41.4 Å². The number of carbonyl (C=O) groups is 1. The van der Waals surface area contributed by atoms with E-state index in [2.05, 4.69) is 15.6 Å². The fourth-order valence-electron chi connectivity index (χ4n) is 3.56. The van der Waals surface area contributed by atoms with Gasteiger partial charge in [-0.3, -0.25) is 0 Å². The van der Waals surface area contributed by atoms with Crippen LogP contribution < -0.4 is 4.74 Å². The minimum absolute atomic E-state index is 0.199. The number of hydrogen-bond acceptors (Lipinski definition) is 5. The first kappa shape index (κ1) is 22.1. The highest BCUT2D eigenvalue weighted by Gasteiger charge is 2.14. The Hall–Kier alpha value is -3.09. The van der Waals surface area contributed by atoms with E-state index in [-0.39, 0.29) is 5.69 Å². The Morgan fingerprint density at radius 2 is 1.88 bits per heavy atom. The highest BCUT2D eigenvalue weighted by atomic mass is 35.5. The number of pyridine rings is 1. The number of halogens is 2. The minimum Gasteiger partial charge on any atom is -0.473 e. The Kier molecular flexibility index (Phi) is 6.35. The van der Waals surface area contributed by atoms with Gasteiger partial charge in [0, 0.05) is 16.1 Å². The summed E-state index contributed by atoms with van der Waals surface area (Å²) in [5.74, 6) is 0.732. The van der Waals surface area contributed by atoms with Crippen LogP contribution in [0.15, 0.2) is 48.5 Å². The van der Waals surface area contributed by atoms with Crippen LogP contribution in [-0.4, -0.2) is 27.6 Å². The van der Waals surface area contributed by atoms with Crippen molar-refractivity contribution in [1.82, 2.24) is 14.5 Å². The molecule has 0 aliphatic rings. The lowest BCUT2D eigenvalue weighted by atomic mass is 10.1. The number of aromatic nitrogens is 3. The summed E-state index contributed by atoms with van der Waals surface area (Å²) in [6.45, 7) is 4.86. The van der Waals surface area contributed by atoms with Crippen molar-refractivity contribution in [1.29, 1.82) is 0 Å². The van der Waals surface area contributed by atoms with Gasteiger partial charge in [0.05, 0.1) is 24.7 Å². The van der Waals surface area contributed by atoms with Gasteiger partial charge < -0.3 is 14.0 Å². The molecule has 6 nitrogen and oxygen atoms in total. The normalized spacial score (nSPS) is 11.0. The van der Waals surface area contributed by atoms with Crippen LogP contribution in [0.5, 0.6) is 5.88 Å². The molecule has 2 aromatic carbocycles. The third-order valence-electron chi connectivity index (χ3n) is 5.14. The fraction of sp³-hybridized carbons (Fsp3) is 0.208. The van der Waals surface area contributed by atoms with Gasteiger partial charge in [-0.2, -0.15) is 0 Å². The molecule has 0 atom stereocenters. The molecule has 8 heteroatoms. The van der Waals surface area contributed by atoms with Gasteiger partial charge in [0.25, 0.3) is 0 Å². The summed E-state index contributed by atoms with van der Waals surface area (Å²) >= 11 is 12.4. The minimum atomic E-state index is -0.507. The number of aryl methyl sites for hydroxylation is 2. The summed E-state index contributed by atoms with van der Waals surface area (Å²) in [7, 11) is 1.32. The lowest BCUT2D eigenvalue weighted by Gasteiger charge is -2.11. The number of esters is 1. The van der Waals surface area contributed by atoms with Crippen LogP contribution in [0.3, 0.4) is 0 Å². The molecule has 0 fully saturated rings. The smallest absolute Gasteiger partial charge is 0.356 e. The van der Waals surface area contributed by atoms with E-state index >= 15 is 0 Å². The molecule has 0 spiro atoms. The van der Waals surface area contributed by atoms with E-state index in [1.165, 1.54) is 7.11 Å². The molecule has 2 aromatic heterocycles. The maximum atomic E-state index is 11.7. The van der Waals surface area contributed by atoms with Crippen molar-refractivity contribution in [2.45, 2.75) is 27.0 Å². The van der Waals surface area contributed by atoms with E-state index in [0.29, 0.717) is 29.1 Å². The van der Waals surface area contributed by atoms with E-state index in [4.69, 9.17) is 37.7 Å². The average molecular weight is 470 g/mol. The van der Waals surface area contributed by atoms with Crippen molar-refractivity contribution in [2.24, 2.45) is 0 Å². The van der Waals surface area contributed by atoms with Gasteiger partial charge in [-0.05, 0) is 54.8 Å². The molecule has 0 aliphatic carbocycles. The van der Waals surface area contributed by atoms with Crippen LogP contribution in [0.25, 0.3) is 11.0 Å². The van der Waals surface area contributed by atoms with Gasteiger partial charge in [0.2, 0.25) is 5.88 Å². The van der Waals surface area contributed by atoms with Crippen LogP contribution in [0.2, 0.25) is 10.0 Å². The summed E-state index contributed by atoms with van der Waals surface area (Å²) in [6, 6.07) is 14.6. The van der Waals surface area contributed by atoms with E-state index in [9.17, 15) is 4.79 Å². The maximum absolute atomic E-state index is 11.7. The molecule has 0 saturated heterocycles. The summed E-state index contributed by atoms with van der Waals surface area (Å²) in [5, 5.41) is 1.22. The summed E-state index contributed by atoms with van der Waals surface area (Å²) in [6.07, 6.45) is 0. The standard InChI is InChI=1S/C24H21Cl2N3O3/c1-14-9-16(13-32-22-6-4-5-20(28-22)24(30)31-3)10-21-23(14)27-15(2)29(21)12-17-7-8-18(25)11-19(17)26/h4-11H,12-13H2,1-3H3. The molecular weight excluding hydrogens is 449 g/mol. The van der Waals surface area contributed by atoms with Crippen molar-refractivity contribution in [3.8, 4) is 5.88 Å². The molecule has 0 saturated carbocycles. The Morgan fingerprint density at radius 3 is 2.62 bits per heavy atom. The van der Waals surface area contributed by atoms with E-state index < -0.39 is 5.97 Å². The summed E-state index contributed by atoms with van der Waals surface area (Å²) in [5.41, 5.74) is 5.09. The Balaban J connectivity index is 1.63. The molecule has 0 aliphatic heterocycles.